The highest BCUT2D eigenvalue weighted by Gasteiger charge is 2.25. The molecule has 0 aromatic carbocycles. The van der Waals surface area contributed by atoms with Crippen LogP contribution in [0.3, 0.4) is 0 Å². The van der Waals surface area contributed by atoms with E-state index in [0.29, 0.717) is 5.92 Å². The molecule has 14 heavy (non-hydrogen) atoms. The molecule has 4 heteroatoms. The summed E-state index contributed by atoms with van der Waals surface area (Å²) in [5.74, 6) is 0.456. The first kappa shape index (κ1) is 9.68. The summed E-state index contributed by atoms with van der Waals surface area (Å²) in [5.41, 5.74) is 7.31. The van der Waals surface area contributed by atoms with Crippen LogP contribution in [0, 0.1) is 5.92 Å². The molecule has 1 aromatic rings. The lowest BCUT2D eigenvalue weighted by Crippen LogP contribution is -2.24. The van der Waals surface area contributed by atoms with E-state index in [-0.39, 0.29) is 6.04 Å². The van der Waals surface area contributed by atoms with Gasteiger partial charge in [-0.2, -0.15) is 5.10 Å². The summed E-state index contributed by atoms with van der Waals surface area (Å²) in [6.07, 6.45) is 2.88. The van der Waals surface area contributed by atoms with Crippen LogP contribution in [0.4, 0.5) is 0 Å². The molecule has 1 aliphatic heterocycles. The summed E-state index contributed by atoms with van der Waals surface area (Å²) in [7, 11) is 0. The van der Waals surface area contributed by atoms with Gasteiger partial charge in [0.2, 0.25) is 0 Å². The summed E-state index contributed by atoms with van der Waals surface area (Å²) < 4.78 is 7.30. The molecule has 78 valence electrons. The quantitative estimate of drug-likeness (QED) is 0.781. The molecule has 0 aliphatic carbocycles. The molecule has 2 heterocycles. The smallest absolute Gasteiger partial charge is 0.0555 e. The third-order valence-electron chi connectivity index (χ3n) is 2.86. The summed E-state index contributed by atoms with van der Waals surface area (Å²) >= 11 is 0. The normalized spacial score (nSPS) is 24.0. The fraction of sp³-hybridized carbons (Fsp3) is 0.700. The van der Waals surface area contributed by atoms with Crippen molar-refractivity contribution in [1.29, 1.82) is 0 Å². The van der Waals surface area contributed by atoms with E-state index in [1.165, 1.54) is 0 Å². The van der Waals surface area contributed by atoms with Gasteiger partial charge < -0.3 is 10.5 Å². The van der Waals surface area contributed by atoms with Gasteiger partial charge in [0.25, 0.3) is 0 Å². The average Bonchev–Trinajstić information content (AvgIpc) is 2.87. The minimum absolute atomic E-state index is 0.0694. The fourth-order valence-electron chi connectivity index (χ4n) is 1.97. The molecule has 1 aliphatic rings. The van der Waals surface area contributed by atoms with Gasteiger partial charge in [0, 0.05) is 25.3 Å². The number of aryl methyl sites for hydroxylation is 1. The average molecular weight is 195 g/mol. The number of rotatable bonds is 3. The zero-order chi connectivity index (χ0) is 9.97. The van der Waals surface area contributed by atoms with Crippen molar-refractivity contribution in [2.45, 2.75) is 25.9 Å². The Balaban J connectivity index is 2.12. The van der Waals surface area contributed by atoms with Gasteiger partial charge in [-0.3, -0.25) is 4.68 Å². The van der Waals surface area contributed by atoms with Crippen LogP contribution < -0.4 is 5.73 Å². The molecule has 1 aromatic heterocycles. The van der Waals surface area contributed by atoms with Crippen molar-refractivity contribution in [1.82, 2.24) is 9.78 Å². The van der Waals surface area contributed by atoms with E-state index < -0.39 is 0 Å². The molecule has 0 radical (unpaired) electrons. The highest BCUT2D eigenvalue weighted by molar-refractivity contribution is 5.08. The highest BCUT2D eigenvalue weighted by Crippen LogP contribution is 2.26. The lowest BCUT2D eigenvalue weighted by molar-refractivity contribution is 0.180. The first-order chi connectivity index (χ1) is 6.83. The number of hydrogen-bond acceptors (Lipinski definition) is 3. The summed E-state index contributed by atoms with van der Waals surface area (Å²) in [5, 5.41) is 4.22. The summed E-state index contributed by atoms with van der Waals surface area (Å²) in [4.78, 5) is 0. The van der Waals surface area contributed by atoms with Gasteiger partial charge in [0.05, 0.1) is 18.3 Å². The maximum Gasteiger partial charge on any atom is 0.0555 e. The summed E-state index contributed by atoms with van der Waals surface area (Å²) in [6.45, 7) is 4.59. The Morgan fingerprint density at radius 2 is 2.64 bits per heavy atom. The van der Waals surface area contributed by atoms with Crippen molar-refractivity contribution in [2.75, 3.05) is 13.2 Å². The number of hydrogen-bond donors (Lipinski definition) is 1. The van der Waals surface area contributed by atoms with Gasteiger partial charge in [-0.1, -0.05) is 0 Å². The van der Waals surface area contributed by atoms with E-state index in [2.05, 4.69) is 12.0 Å². The Labute approximate surface area is 84.0 Å². The Morgan fingerprint density at radius 3 is 3.29 bits per heavy atom. The first-order valence-corrected chi connectivity index (χ1v) is 5.18. The monoisotopic (exact) mass is 195 g/mol. The minimum Gasteiger partial charge on any atom is -0.381 e. The van der Waals surface area contributed by atoms with Crippen LogP contribution in [0.5, 0.6) is 0 Å². The van der Waals surface area contributed by atoms with E-state index in [1.807, 2.05) is 16.9 Å². The number of ether oxygens (including phenoxy) is 1. The van der Waals surface area contributed by atoms with Gasteiger partial charge in [0.15, 0.2) is 0 Å². The second-order valence-electron chi connectivity index (χ2n) is 3.72. The van der Waals surface area contributed by atoms with Gasteiger partial charge in [0.1, 0.15) is 0 Å². The molecular weight excluding hydrogens is 178 g/mol. The third-order valence-corrected chi connectivity index (χ3v) is 2.86. The molecule has 4 nitrogen and oxygen atoms in total. The Bertz CT molecular complexity index is 291. The second-order valence-corrected chi connectivity index (χ2v) is 3.72. The van der Waals surface area contributed by atoms with Crippen LogP contribution in [-0.2, 0) is 11.3 Å². The van der Waals surface area contributed by atoms with E-state index >= 15 is 0 Å². The van der Waals surface area contributed by atoms with Crippen LogP contribution in [0.25, 0.3) is 0 Å². The Hall–Kier alpha value is -0.870. The Kier molecular flexibility index (Phi) is 2.84. The standard InChI is InChI=1S/C10H17N3O/c1-2-13-9(3-5-12-13)10(11)8-4-6-14-7-8/h3,5,8,10H,2,4,6-7,11H2,1H3. The number of nitrogens with zero attached hydrogens (tertiary/aromatic N) is 2. The largest absolute Gasteiger partial charge is 0.381 e. The molecule has 1 saturated heterocycles. The number of nitrogens with two attached hydrogens (primary N) is 1. The van der Waals surface area contributed by atoms with Crippen molar-refractivity contribution < 1.29 is 4.74 Å². The van der Waals surface area contributed by atoms with Gasteiger partial charge in [-0.25, -0.2) is 0 Å². The highest BCUT2D eigenvalue weighted by atomic mass is 16.5. The van der Waals surface area contributed by atoms with Gasteiger partial charge in [-0.15, -0.1) is 0 Å². The van der Waals surface area contributed by atoms with Crippen LogP contribution >= 0.6 is 0 Å². The third kappa shape index (κ3) is 1.67. The molecule has 0 bridgehead atoms. The molecule has 2 N–H and O–H groups in total. The maximum absolute atomic E-state index is 6.18. The van der Waals surface area contributed by atoms with Crippen LogP contribution in [-0.4, -0.2) is 23.0 Å². The second kappa shape index (κ2) is 4.11. The summed E-state index contributed by atoms with van der Waals surface area (Å²) in [6, 6.07) is 2.08. The number of aromatic nitrogens is 2. The fourth-order valence-corrected chi connectivity index (χ4v) is 1.97. The van der Waals surface area contributed by atoms with E-state index in [9.17, 15) is 0 Å². The van der Waals surface area contributed by atoms with Crippen molar-refractivity contribution >= 4 is 0 Å². The molecule has 2 atom stereocenters. The molecule has 0 saturated carbocycles. The molecule has 0 spiro atoms. The van der Waals surface area contributed by atoms with Crippen molar-refractivity contribution in [3.8, 4) is 0 Å². The predicted octanol–water partition coefficient (Wildman–Crippen LogP) is 0.939. The molecular formula is C10H17N3O. The molecule has 2 unspecified atom stereocenters. The van der Waals surface area contributed by atoms with Crippen LogP contribution in [0.1, 0.15) is 25.1 Å². The zero-order valence-corrected chi connectivity index (χ0v) is 8.52. The van der Waals surface area contributed by atoms with E-state index in [1.54, 1.807) is 0 Å². The zero-order valence-electron chi connectivity index (χ0n) is 8.52. The van der Waals surface area contributed by atoms with Crippen molar-refractivity contribution in [3.63, 3.8) is 0 Å². The molecule has 2 rings (SSSR count). The van der Waals surface area contributed by atoms with E-state index in [0.717, 1.165) is 31.9 Å². The van der Waals surface area contributed by atoms with Crippen LogP contribution in [0.15, 0.2) is 12.3 Å². The van der Waals surface area contributed by atoms with Gasteiger partial charge >= 0.3 is 0 Å². The topological polar surface area (TPSA) is 53.1 Å². The SMILES string of the molecule is CCn1nccc1C(N)C1CCOC1. The lowest BCUT2D eigenvalue weighted by Gasteiger charge is -2.18. The van der Waals surface area contributed by atoms with E-state index in [4.69, 9.17) is 10.5 Å². The predicted molar refractivity (Wildman–Crippen MR) is 53.8 cm³/mol. The minimum atomic E-state index is 0.0694. The maximum atomic E-state index is 6.18. The Morgan fingerprint density at radius 1 is 1.79 bits per heavy atom. The van der Waals surface area contributed by atoms with Gasteiger partial charge in [-0.05, 0) is 19.4 Å². The molecule has 0 amide bonds. The first-order valence-electron chi connectivity index (χ1n) is 5.18. The van der Waals surface area contributed by atoms with Crippen LogP contribution in [0.2, 0.25) is 0 Å². The van der Waals surface area contributed by atoms with Crippen molar-refractivity contribution in [2.24, 2.45) is 11.7 Å². The lowest BCUT2D eigenvalue weighted by atomic mass is 9.97. The van der Waals surface area contributed by atoms with Crippen molar-refractivity contribution in [3.05, 3.63) is 18.0 Å². The molecule has 1 fully saturated rings.